The molecule has 33 heavy (non-hydrogen) atoms. The van der Waals surface area contributed by atoms with Crippen LogP contribution >= 0.6 is 0 Å². The zero-order chi connectivity index (χ0) is 23.5. The summed E-state index contributed by atoms with van der Waals surface area (Å²) in [4.78, 5) is 0. The SMILES string of the molecule is C[C@@H]1CC2=C(CS(=O)(=O)C2/C=C2\CCC[C@@]3(C)[C@H]2CC[C@H]3[C@H](C)/C=C/[C@H](O)C2CC2)[C@@H](C)C1. The topological polar surface area (TPSA) is 54.4 Å². The van der Waals surface area contributed by atoms with E-state index in [9.17, 15) is 13.5 Å². The maximum atomic E-state index is 13.3. The summed E-state index contributed by atoms with van der Waals surface area (Å²) in [5.41, 5.74) is 4.17. The first-order chi connectivity index (χ1) is 15.6. The van der Waals surface area contributed by atoms with Crippen molar-refractivity contribution in [2.24, 2.45) is 40.9 Å². The Morgan fingerprint density at radius 3 is 2.58 bits per heavy atom. The van der Waals surface area contributed by atoms with E-state index in [4.69, 9.17) is 0 Å². The molecule has 5 aliphatic rings. The van der Waals surface area contributed by atoms with E-state index in [1.807, 2.05) is 0 Å². The van der Waals surface area contributed by atoms with Crippen LogP contribution in [0.1, 0.15) is 85.5 Å². The van der Waals surface area contributed by atoms with Gasteiger partial charge < -0.3 is 5.11 Å². The Kier molecular flexibility index (Phi) is 6.26. The average molecular weight is 473 g/mol. The lowest BCUT2D eigenvalue weighted by molar-refractivity contribution is 0.111. The van der Waals surface area contributed by atoms with Crippen molar-refractivity contribution in [3.05, 3.63) is 34.9 Å². The minimum atomic E-state index is -3.11. The Bertz CT molecular complexity index is 969. The fourth-order valence-corrected chi connectivity index (χ4v) is 10.4. The van der Waals surface area contributed by atoms with Crippen LogP contribution < -0.4 is 0 Å². The van der Waals surface area contributed by atoms with Crippen LogP contribution in [0.5, 0.6) is 0 Å². The minimum absolute atomic E-state index is 0.241. The first kappa shape index (κ1) is 23.9. The van der Waals surface area contributed by atoms with Gasteiger partial charge in [0.25, 0.3) is 0 Å². The van der Waals surface area contributed by atoms with Crippen molar-refractivity contribution in [2.75, 3.05) is 5.75 Å². The predicted octanol–water partition coefficient (Wildman–Crippen LogP) is 6.25. The molecule has 0 radical (unpaired) electrons. The molecule has 1 unspecified atom stereocenters. The van der Waals surface area contributed by atoms with Crippen LogP contribution in [0.15, 0.2) is 34.9 Å². The summed E-state index contributed by atoms with van der Waals surface area (Å²) in [6.07, 6.45) is 16.6. The first-order valence-corrected chi connectivity index (χ1v) is 15.3. The Morgan fingerprint density at radius 1 is 1.09 bits per heavy atom. The molecular formula is C29H44O3S. The molecule has 0 bridgehead atoms. The van der Waals surface area contributed by atoms with Gasteiger partial charge in [-0.3, -0.25) is 0 Å². The molecular weight excluding hydrogens is 428 g/mol. The van der Waals surface area contributed by atoms with E-state index in [0.717, 1.165) is 32.1 Å². The lowest BCUT2D eigenvalue weighted by Crippen LogP contribution is -2.36. The lowest BCUT2D eigenvalue weighted by Gasteiger charge is -2.44. The Labute approximate surface area is 201 Å². The van der Waals surface area contributed by atoms with Gasteiger partial charge in [0.15, 0.2) is 9.84 Å². The van der Waals surface area contributed by atoms with E-state index < -0.39 is 9.84 Å². The zero-order valence-electron chi connectivity index (χ0n) is 21.1. The summed E-state index contributed by atoms with van der Waals surface area (Å²) in [5, 5.41) is 9.94. The van der Waals surface area contributed by atoms with Crippen LogP contribution in [0.3, 0.4) is 0 Å². The number of fused-ring (bicyclic) bond motifs is 1. The van der Waals surface area contributed by atoms with Crippen molar-refractivity contribution in [1.29, 1.82) is 0 Å². The standard InChI is InChI=1S/C29H44O3S/c1-18-14-20(3)24-17-33(31,32)28(23(24)15-18)16-22-6-5-13-29(4)25(10-11-26(22)29)19(2)7-12-27(30)21-8-9-21/h7,12,16,18-21,25-28,30H,5-6,8-11,13-15,17H2,1-4H3/b12-7+,22-16+/t18-,19+,20-,25-,26-,27-,28?,29+/m0/s1. The van der Waals surface area contributed by atoms with Gasteiger partial charge in [-0.2, -0.15) is 0 Å². The summed E-state index contributed by atoms with van der Waals surface area (Å²) in [7, 11) is -3.11. The van der Waals surface area contributed by atoms with E-state index in [1.54, 1.807) is 0 Å². The highest BCUT2D eigenvalue weighted by Crippen LogP contribution is 2.60. The van der Waals surface area contributed by atoms with Gasteiger partial charge in [-0.05, 0) is 104 Å². The largest absolute Gasteiger partial charge is 0.389 e. The average Bonchev–Trinajstić information content (AvgIpc) is 3.48. The van der Waals surface area contributed by atoms with Crippen molar-refractivity contribution in [3.63, 3.8) is 0 Å². The van der Waals surface area contributed by atoms with E-state index in [1.165, 1.54) is 42.4 Å². The van der Waals surface area contributed by atoms with E-state index in [0.29, 0.717) is 41.3 Å². The highest BCUT2D eigenvalue weighted by atomic mass is 32.2. The number of aliphatic hydroxyl groups is 1. The molecule has 1 aliphatic heterocycles. The maximum absolute atomic E-state index is 13.3. The number of aliphatic hydroxyl groups excluding tert-OH is 1. The smallest absolute Gasteiger partial charge is 0.164 e. The molecule has 0 saturated heterocycles. The van der Waals surface area contributed by atoms with Gasteiger partial charge in [-0.15, -0.1) is 0 Å². The third-order valence-electron chi connectivity index (χ3n) is 10.2. The number of hydrogen-bond donors (Lipinski definition) is 1. The molecule has 8 atom stereocenters. The van der Waals surface area contributed by atoms with Crippen LogP contribution in [0.4, 0.5) is 0 Å². The molecule has 0 spiro atoms. The van der Waals surface area contributed by atoms with Crippen molar-refractivity contribution in [1.82, 2.24) is 0 Å². The first-order valence-electron chi connectivity index (χ1n) is 13.6. The Morgan fingerprint density at radius 2 is 1.85 bits per heavy atom. The van der Waals surface area contributed by atoms with Crippen LogP contribution in [-0.2, 0) is 9.84 Å². The van der Waals surface area contributed by atoms with Crippen LogP contribution in [-0.4, -0.2) is 30.6 Å². The fourth-order valence-electron chi connectivity index (χ4n) is 8.27. The molecule has 3 nitrogen and oxygen atoms in total. The van der Waals surface area contributed by atoms with E-state index in [2.05, 4.69) is 45.9 Å². The number of allylic oxidation sites excluding steroid dienone is 2. The van der Waals surface area contributed by atoms with Gasteiger partial charge in [0.05, 0.1) is 11.9 Å². The molecule has 4 heteroatoms. The highest BCUT2D eigenvalue weighted by Gasteiger charge is 2.51. The van der Waals surface area contributed by atoms with Gasteiger partial charge in [0.1, 0.15) is 5.25 Å². The Hall–Kier alpha value is -0.870. The second-order valence-electron chi connectivity index (χ2n) is 12.6. The predicted molar refractivity (Wildman–Crippen MR) is 135 cm³/mol. The molecule has 0 amide bonds. The van der Waals surface area contributed by atoms with Crippen molar-refractivity contribution < 1.29 is 13.5 Å². The minimum Gasteiger partial charge on any atom is -0.389 e. The molecule has 3 fully saturated rings. The highest BCUT2D eigenvalue weighted by molar-refractivity contribution is 7.92. The molecule has 4 aliphatic carbocycles. The van der Waals surface area contributed by atoms with E-state index >= 15 is 0 Å². The lowest BCUT2D eigenvalue weighted by atomic mass is 9.61. The van der Waals surface area contributed by atoms with Crippen molar-refractivity contribution in [3.8, 4) is 0 Å². The van der Waals surface area contributed by atoms with Gasteiger partial charge in [-0.25, -0.2) is 8.42 Å². The van der Waals surface area contributed by atoms with E-state index in [-0.39, 0.29) is 16.8 Å². The van der Waals surface area contributed by atoms with Crippen molar-refractivity contribution >= 4 is 9.84 Å². The third-order valence-corrected chi connectivity index (χ3v) is 12.1. The molecule has 0 aromatic rings. The fraction of sp³-hybridized carbons (Fsp3) is 0.793. The summed E-state index contributed by atoms with van der Waals surface area (Å²) in [6, 6.07) is 0. The third kappa shape index (κ3) is 4.33. The van der Waals surface area contributed by atoms with Gasteiger partial charge in [0.2, 0.25) is 0 Å². The number of sulfone groups is 1. The molecule has 1 heterocycles. The summed E-state index contributed by atoms with van der Waals surface area (Å²) >= 11 is 0. The summed E-state index contributed by atoms with van der Waals surface area (Å²) in [5.74, 6) is 3.35. The normalized spacial score (nSPS) is 43.7. The molecule has 0 aromatic heterocycles. The number of rotatable bonds is 5. The second kappa shape index (κ2) is 8.66. The van der Waals surface area contributed by atoms with Gasteiger partial charge in [-0.1, -0.05) is 57.1 Å². The molecule has 184 valence electrons. The monoisotopic (exact) mass is 472 g/mol. The maximum Gasteiger partial charge on any atom is 0.164 e. The molecule has 0 aromatic carbocycles. The van der Waals surface area contributed by atoms with Gasteiger partial charge in [0, 0.05) is 0 Å². The van der Waals surface area contributed by atoms with Crippen LogP contribution in [0, 0.1) is 40.9 Å². The summed E-state index contributed by atoms with van der Waals surface area (Å²) < 4.78 is 26.6. The second-order valence-corrected chi connectivity index (χ2v) is 14.8. The van der Waals surface area contributed by atoms with Gasteiger partial charge >= 0.3 is 0 Å². The quantitative estimate of drug-likeness (QED) is 0.481. The zero-order valence-corrected chi connectivity index (χ0v) is 21.9. The molecule has 5 rings (SSSR count). The molecule has 1 N–H and O–H groups in total. The Balaban J connectivity index is 1.39. The van der Waals surface area contributed by atoms with Crippen molar-refractivity contribution in [2.45, 2.75) is 96.8 Å². The number of hydrogen-bond acceptors (Lipinski definition) is 3. The molecule has 3 saturated carbocycles. The summed E-state index contributed by atoms with van der Waals surface area (Å²) in [6.45, 7) is 9.31. The van der Waals surface area contributed by atoms with Crippen LogP contribution in [0.2, 0.25) is 0 Å². The van der Waals surface area contributed by atoms with Crippen LogP contribution in [0.25, 0.3) is 0 Å².